The highest BCUT2D eigenvalue weighted by molar-refractivity contribution is 5.79. The summed E-state index contributed by atoms with van der Waals surface area (Å²) in [6.07, 6.45) is -35.6. The fraction of sp³-hybridized carbons (Fsp3) is 0.953. The summed E-state index contributed by atoms with van der Waals surface area (Å²) in [4.78, 5) is 15.3. The van der Waals surface area contributed by atoms with Gasteiger partial charge in [0.2, 0.25) is 6.29 Å². The van der Waals surface area contributed by atoms with Gasteiger partial charge in [-0.25, -0.2) is 0 Å². The van der Waals surface area contributed by atoms with E-state index < -0.39 is 215 Å². The van der Waals surface area contributed by atoms with Crippen molar-refractivity contribution in [2.45, 2.75) is 305 Å². The molecule has 0 amide bonds. The highest BCUT2D eigenvalue weighted by Gasteiger charge is 2.70. The van der Waals surface area contributed by atoms with E-state index in [4.69, 9.17) is 56.8 Å². The zero-order valence-electron chi connectivity index (χ0n) is 54.4. The van der Waals surface area contributed by atoms with E-state index in [0.717, 1.165) is 25.7 Å². The van der Waals surface area contributed by atoms with Gasteiger partial charge in [0, 0.05) is 0 Å². The molecule has 11 rings (SSSR count). The Hall–Kier alpha value is -1.87. The van der Waals surface area contributed by atoms with Crippen molar-refractivity contribution >= 4 is 5.97 Å². The van der Waals surface area contributed by atoms with Crippen molar-refractivity contribution in [3.63, 3.8) is 0 Å². The monoisotopic (exact) mass is 1340 g/mol. The topological polar surface area (TPSA) is 452 Å². The molecule has 0 spiro atoms. The van der Waals surface area contributed by atoms with E-state index in [0.29, 0.717) is 38.5 Å². The summed E-state index contributed by atoms with van der Waals surface area (Å²) >= 11 is 0. The van der Waals surface area contributed by atoms with Gasteiger partial charge in [-0.2, -0.15) is 0 Å². The highest BCUT2D eigenvalue weighted by atomic mass is 16.8. The number of hydrogen-bond donors (Lipinski definition) is 16. The molecular formula is C64H104O29. The number of carbonyl (C=O) groups excluding carboxylic acids is 1. The number of aliphatic hydroxyl groups is 16. The Labute approximate surface area is 540 Å². The fourth-order valence-electron chi connectivity index (χ4n) is 18.7. The molecule has 4 saturated carbocycles. The Bertz CT molecular complexity index is 2620. The van der Waals surface area contributed by atoms with E-state index in [9.17, 15) is 81.7 Å². The quantitative estimate of drug-likeness (QED) is 0.0467. The molecule has 93 heavy (non-hydrogen) atoms. The molecular weight excluding hydrogens is 1230 g/mol. The minimum Gasteiger partial charge on any atom is -0.432 e. The second-order valence-electron chi connectivity index (χ2n) is 31.0. The lowest BCUT2D eigenvalue weighted by molar-refractivity contribution is -0.378. The molecule has 0 unspecified atom stereocenters. The van der Waals surface area contributed by atoms with Gasteiger partial charge in [-0.15, -0.1) is 0 Å². The largest absolute Gasteiger partial charge is 0.432 e. The molecule has 6 aliphatic heterocycles. The number of fused-ring (bicyclic) bond motifs is 7. The van der Waals surface area contributed by atoms with Crippen LogP contribution in [-0.4, -0.2) is 292 Å². The summed E-state index contributed by atoms with van der Waals surface area (Å²) in [6.45, 7) is 16.7. The summed E-state index contributed by atoms with van der Waals surface area (Å²) in [5, 5.41) is 174. The Morgan fingerprint density at radius 3 is 1.76 bits per heavy atom. The van der Waals surface area contributed by atoms with Gasteiger partial charge in [-0.3, -0.25) is 4.79 Å². The molecule has 11 aliphatic rings. The van der Waals surface area contributed by atoms with E-state index >= 15 is 4.79 Å². The van der Waals surface area contributed by atoms with Gasteiger partial charge in [0.25, 0.3) is 0 Å². The molecule has 0 aromatic rings. The van der Waals surface area contributed by atoms with Gasteiger partial charge < -0.3 is 139 Å². The van der Waals surface area contributed by atoms with E-state index in [1.54, 1.807) is 0 Å². The minimum atomic E-state index is -1.90. The number of rotatable bonds is 14. The summed E-state index contributed by atoms with van der Waals surface area (Å²) < 4.78 is 71.5. The Morgan fingerprint density at radius 2 is 1.08 bits per heavy atom. The first-order valence-corrected chi connectivity index (χ1v) is 33.4. The number of allylic oxidation sites excluding steroid dienone is 2. The Morgan fingerprint density at radius 1 is 0.505 bits per heavy atom. The van der Waals surface area contributed by atoms with Gasteiger partial charge in [0.15, 0.2) is 31.5 Å². The average Bonchev–Trinajstić information content (AvgIpc) is 0.676. The zero-order valence-corrected chi connectivity index (χ0v) is 54.4. The maximum absolute atomic E-state index is 15.3. The third-order valence-electron chi connectivity index (χ3n) is 24.8. The molecule has 0 aromatic carbocycles. The standard InChI is InChI=1S/C64H104O29/c1-25-36(68)41(73)45(77)54(85-25)90-49-31(21-65)87-52(47(79)43(49)75)84-24-32-40(72)42(74)46(78)55(88-32)93-58(81)64-18-16-59(3,4)20-28(64)27-10-11-34-61(7)14-13-35(60(5,6)33(61)12-15-63(34,9)62(27,8)17-19-64)89-57-51(39(71)30(67)23-83-57)92-56-48(80)50(37(69)26(2)86-56)91-53-44(76)38(70)29(66)22-82-53/h10,25-26,28-57,65-80H,11-24H2,1-9H3/t25-,26-,28-,29-,30-,31+,32+,33-,34+,35-,36-,37-,38-,39-,40+,41+,42-,43+,44+,45+,46+,47+,48+,49+,50+,51+,52+,53-,54-,55-,56-,57-,61-,62+,63+,64-/m0/s1. The third-order valence-corrected chi connectivity index (χ3v) is 24.8. The van der Waals surface area contributed by atoms with Gasteiger partial charge >= 0.3 is 5.97 Å². The molecule has 16 N–H and O–H groups in total. The second kappa shape index (κ2) is 26.9. The molecule has 6 heterocycles. The number of aliphatic hydroxyl groups excluding tert-OH is 16. The molecule has 29 heteroatoms. The van der Waals surface area contributed by atoms with E-state index in [1.807, 2.05) is 0 Å². The molecule has 6 saturated heterocycles. The van der Waals surface area contributed by atoms with E-state index in [1.165, 1.54) is 19.4 Å². The fourth-order valence-corrected chi connectivity index (χ4v) is 18.7. The van der Waals surface area contributed by atoms with Crippen LogP contribution in [0.5, 0.6) is 0 Å². The highest BCUT2D eigenvalue weighted by Crippen LogP contribution is 2.76. The van der Waals surface area contributed by atoms with Crippen LogP contribution in [-0.2, 0) is 61.6 Å². The van der Waals surface area contributed by atoms with Crippen molar-refractivity contribution in [3.8, 4) is 0 Å². The minimum absolute atomic E-state index is 0.113. The summed E-state index contributed by atoms with van der Waals surface area (Å²) in [5.41, 5.74) is -1.40. The SMILES string of the molecule is C[C@@H]1O[C@@H](O[C@H]2[C@H](O)[C@@H](O)[C@H](OC[C@H]3O[C@@H](OC(=O)[C@]45CCC(C)(C)C[C@H]4C4=CC[C@@H]6[C@@]7(C)CC[C@H](O[C@@H]8OC[C@H](O)[C@H](O)[C@H]8O[C@@H]8O[C@@H](C)[C@H](O)[C@@H](O[C@@H]9OC[C@H](O)[C@H](O)[C@H]9O)[C@H]8O)C(C)(C)[C@@H]7CC[C@@]6(C)[C@]4(C)CC5)[C@H](O)[C@@H](O)[C@@H]3O)O[C@@H]2CO)[C@H](O)[C@H](O)[C@H]1O. The van der Waals surface area contributed by atoms with Crippen LogP contribution in [0.1, 0.15) is 127 Å². The van der Waals surface area contributed by atoms with Crippen LogP contribution in [0.25, 0.3) is 0 Å². The average molecular weight is 1340 g/mol. The molecule has 0 radical (unpaired) electrons. The third kappa shape index (κ3) is 12.6. The first-order chi connectivity index (χ1) is 43.5. The van der Waals surface area contributed by atoms with Crippen molar-refractivity contribution in [2.24, 2.45) is 50.2 Å². The molecule has 10 fully saturated rings. The molecule has 534 valence electrons. The number of hydrogen-bond acceptors (Lipinski definition) is 29. The van der Waals surface area contributed by atoms with E-state index in [-0.39, 0.29) is 46.0 Å². The lowest BCUT2D eigenvalue weighted by atomic mass is 9.33. The number of esters is 1. The molecule has 0 bridgehead atoms. The van der Waals surface area contributed by atoms with Crippen molar-refractivity contribution in [1.82, 2.24) is 0 Å². The van der Waals surface area contributed by atoms with E-state index in [2.05, 4.69) is 54.5 Å². The van der Waals surface area contributed by atoms with Crippen LogP contribution in [0.15, 0.2) is 11.6 Å². The van der Waals surface area contributed by atoms with Crippen molar-refractivity contribution in [1.29, 1.82) is 0 Å². The maximum Gasteiger partial charge on any atom is 0.315 e. The maximum atomic E-state index is 15.3. The first-order valence-electron chi connectivity index (χ1n) is 33.4. The van der Waals surface area contributed by atoms with Crippen LogP contribution in [0, 0.1) is 50.2 Å². The predicted octanol–water partition coefficient (Wildman–Crippen LogP) is -3.05. The summed E-state index contributed by atoms with van der Waals surface area (Å²) in [7, 11) is 0. The van der Waals surface area contributed by atoms with Crippen molar-refractivity contribution in [2.75, 3.05) is 26.4 Å². The van der Waals surface area contributed by atoms with Gasteiger partial charge in [0.05, 0.1) is 50.2 Å². The van der Waals surface area contributed by atoms with Crippen LogP contribution in [0.3, 0.4) is 0 Å². The Balaban J connectivity index is 0.762. The van der Waals surface area contributed by atoms with Crippen LogP contribution in [0.2, 0.25) is 0 Å². The lowest BCUT2D eigenvalue weighted by Gasteiger charge is -2.71. The number of carbonyl (C=O) groups is 1. The zero-order chi connectivity index (χ0) is 67.7. The molecule has 29 nitrogen and oxygen atoms in total. The Kier molecular flexibility index (Phi) is 20.9. The van der Waals surface area contributed by atoms with Gasteiger partial charge in [-0.05, 0) is 123 Å². The summed E-state index contributed by atoms with van der Waals surface area (Å²) in [5.74, 6) is -0.598. The molecule has 0 aromatic heterocycles. The van der Waals surface area contributed by atoms with Crippen LogP contribution < -0.4 is 0 Å². The van der Waals surface area contributed by atoms with Crippen LogP contribution >= 0.6 is 0 Å². The predicted molar refractivity (Wildman–Crippen MR) is 313 cm³/mol. The van der Waals surface area contributed by atoms with Crippen molar-refractivity contribution < 1.29 is 143 Å². The lowest BCUT2D eigenvalue weighted by Crippen LogP contribution is -2.66. The second-order valence-corrected chi connectivity index (χ2v) is 31.0. The van der Waals surface area contributed by atoms with Crippen molar-refractivity contribution in [3.05, 3.63) is 11.6 Å². The normalized spacial score (nSPS) is 54.7. The van der Waals surface area contributed by atoms with Gasteiger partial charge in [-0.1, -0.05) is 60.1 Å². The smallest absolute Gasteiger partial charge is 0.315 e. The number of ether oxygens (including phenoxy) is 12. The molecule has 36 atom stereocenters. The van der Waals surface area contributed by atoms with Gasteiger partial charge in [0.1, 0.15) is 122 Å². The van der Waals surface area contributed by atoms with Crippen LogP contribution in [0.4, 0.5) is 0 Å². The molecule has 5 aliphatic carbocycles. The summed E-state index contributed by atoms with van der Waals surface area (Å²) in [6, 6.07) is 0. The first kappa shape index (κ1) is 72.4.